The second kappa shape index (κ2) is 3.80. The van der Waals surface area contributed by atoms with Crippen LogP contribution in [0.1, 0.15) is 0 Å². The van der Waals surface area contributed by atoms with Gasteiger partial charge in [0.2, 0.25) is 0 Å². The molecule has 3 N–H and O–H groups in total. The van der Waals surface area contributed by atoms with Crippen molar-refractivity contribution in [3.8, 4) is 0 Å². The maximum absolute atomic E-state index is 11.7. The van der Waals surface area contributed by atoms with Crippen molar-refractivity contribution >= 4 is 11.6 Å². The van der Waals surface area contributed by atoms with Crippen LogP contribution < -0.4 is 11.1 Å². The highest BCUT2D eigenvalue weighted by atomic mass is 19.3. The second-order valence-corrected chi connectivity index (χ2v) is 2.12. The number of nitrogen functional groups attached to an aromatic ring is 1. The second-order valence-electron chi connectivity index (χ2n) is 2.12. The third-order valence-corrected chi connectivity index (χ3v) is 1.12. The lowest BCUT2D eigenvalue weighted by Gasteiger charge is -2.02. The van der Waals surface area contributed by atoms with Crippen LogP contribution in [0.2, 0.25) is 0 Å². The molecule has 0 aliphatic carbocycles. The van der Waals surface area contributed by atoms with Gasteiger partial charge in [-0.25, -0.2) is 8.78 Å². The number of hydrogen-bond acceptors (Lipinski definition) is 4. The summed E-state index contributed by atoms with van der Waals surface area (Å²) >= 11 is 0. The zero-order chi connectivity index (χ0) is 8.97. The number of halogens is 2. The van der Waals surface area contributed by atoms with Gasteiger partial charge in [-0.3, -0.25) is 0 Å². The molecule has 1 aromatic heterocycles. The van der Waals surface area contributed by atoms with Crippen LogP contribution in [0.3, 0.4) is 0 Å². The fourth-order valence-electron chi connectivity index (χ4n) is 0.619. The fraction of sp³-hybridized carbons (Fsp3) is 0.333. The van der Waals surface area contributed by atoms with Crippen LogP contribution in [-0.4, -0.2) is 23.2 Å². The molecule has 0 radical (unpaired) electrons. The normalized spacial score (nSPS) is 10.2. The molecule has 1 heterocycles. The highest BCUT2D eigenvalue weighted by molar-refractivity contribution is 5.38. The average Bonchev–Trinajstić information content (AvgIpc) is 2.03. The largest absolute Gasteiger partial charge is 0.382 e. The van der Waals surface area contributed by atoms with Gasteiger partial charge < -0.3 is 11.1 Å². The predicted octanol–water partition coefficient (Wildman–Crippen LogP) is 0.736. The number of nitrogens with one attached hydrogen (secondary N) is 1. The Labute approximate surface area is 67.8 Å². The molecule has 0 saturated carbocycles. The molecule has 4 nitrogen and oxygen atoms in total. The van der Waals surface area contributed by atoms with Gasteiger partial charge in [-0.05, 0) is 12.1 Å². The molecule has 0 amide bonds. The van der Waals surface area contributed by atoms with E-state index in [1.807, 2.05) is 0 Å². The number of aromatic nitrogens is 2. The molecule has 0 unspecified atom stereocenters. The highest BCUT2D eigenvalue weighted by Crippen LogP contribution is 2.03. The van der Waals surface area contributed by atoms with Crippen LogP contribution in [-0.2, 0) is 0 Å². The Balaban J connectivity index is 2.48. The van der Waals surface area contributed by atoms with Crippen molar-refractivity contribution in [3.63, 3.8) is 0 Å². The Morgan fingerprint density at radius 2 is 2.17 bits per heavy atom. The van der Waals surface area contributed by atoms with E-state index in [1.54, 1.807) is 0 Å². The Morgan fingerprint density at radius 1 is 1.42 bits per heavy atom. The van der Waals surface area contributed by atoms with Crippen molar-refractivity contribution in [2.75, 3.05) is 17.6 Å². The molecular formula is C6H8F2N4. The van der Waals surface area contributed by atoms with Crippen molar-refractivity contribution in [3.05, 3.63) is 12.1 Å². The smallest absolute Gasteiger partial charge is 0.255 e. The lowest BCUT2D eigenvalue weighted by molar-refractivity contribution is 0.163. The molecule has 6 heteroatoms. The van der Waals surface area contributed by atoms with Crippen molar-refractivity contribution in [1.29, 1.82) is 0 Å². The number of anilines is 2. The summed E-state index contributed by atoms with van der Waals surface area (Å²) in [7, 11) is 0. The van der Waals surface area contributed by atoms with Crippen LogP contribution in [0.4, 0.5) is 20.4 Å². The van der Waals surface area contributed by atoms with Crippen LogP contribution in [0.15, 0.2) is 12.1 Å². The van der Waals surface area contributed by atoms with Gasteiger partial charge in [0.05, 0.1) is 6.54 Å². The minimum absolute atomic E-state index is 0.262. The van der Waals surface area contributed by atoms with Gasteiger partial charge in [0, 0.05) is 0 Å². The van der Waals surface area contributed by atoms with Gasteiger partial charge >= 0.3 is 0 Å². The van der Waals surface area contributed by atoms with Gasteiger partial charge in [-0.1, -0.05) is 0 Å². The average molecular weight is 174 g/mol. The molecule has 1 aromatic rings. The summed E-state index contributed by atoms with van der Waals surface area (Å²) < 4.78 is 23.3. The van der Waals surface area contributed by atoms with Crippen molar-refractivity contribution in [2.45, 2.75) is 6.43 Å². The monoisotopic (exact) mass is 174 g/mol. The quantitative estimate of drug-likeness (QED) is 0.709. The Hall–Kier alpha value is -1.46. The first-order valence-electron chi connectivity index (χ1n) is 3.29. The molecule has 1 rings (SSSR count). The lowest BCUT2D eigenvalue weighted by Crippen LogP contribution is -2.11. The van der Waals surface area contributed by atoms with E-state index in [1.165, 1.54) is 12.1 Å². The summed E-state index contributed by atoms with van der Waals surface area (Å²) in [5.74, 6) is 0.557. The van der Waals surface area contributed by atoms with Gasteiger partial charge in [0.15, 0.2) is 0 Å². The number of nitrogens with zero attached hydrogens (tertiary/aromatic N) is 2. The standard InChI is InChI=1S/C6H8F2N4/c7-4(8)3-10-6-2-1-5(9)11-12-6/h1-2,4H,3H2,(H2,9,11)(H,10,12). The van der Waals surface area contributed by atoms with Gasteiger partial charge in [0.25, 0.3) is 6.43 Å². The van der Waals surface area contributed by atoms with E-state index in [9.17, 15) is 8.78 Å². The minimum atomic E-state index is -2.40. The first kappa shape index (κ1) is 8.63. The van der Waals surface area contributed by atoms with Crippen LogP contribution in [0.5, 0.6) is 0 Å². The Kier molecular flexibility index (Phi) is 2.73. The van der Waals surface area contributed by atoms with Gasteiger partial charge in [-0.2, -0.15) is 0 Å². The van der Waals surface area contributed by atoms with Gasteiger partial charge in [0.1, 0.15) is 11.6 Å². The summed E-state index contributed by atoms with van der Waals surface area (Å²) in [6.07, 6.45) is -2.40. The predicted molar refractivity (Wildman–Crippen MR) is 40.9 cm³/mol. The number of nitrogens with two attached hydrogens (primary N) is 1. The number of hydrogen-bond donors (Lipinski definition) is 2. The van der Waals surface area contributed by atoms with E-state index >= 15 is 0 Å². The number of rotatable bonds is 3. The lowest BCUT2D eigenvalue weighted by atomic mass is 10.5. The molecule has 0 aliphatic rings. The van der Waals surface area contributed by atoms with E-state index in [2.05, 4.69) is 15.5 Å². The molecule has 0 aromatic carbocycles. The summed E-state index contributed by atoms with van der Waals surface area (Å²) in [5, 5.41) is 9.40. The zero-order valence-electron chi connectivity index (χ0n) is 6.17. The van der Waals surface area contributed by atoms with E-state index in [-0.39, 0.29) is 5.82 Å². The molecule has 0 spiro atoms. The third kappa shape index (κ3) is 2.65. The molecule has 0 fully saturated rings. The molecular weight excluding hydrogens is 166 g/mol. The van der Waals surface area contributed by atoms with Crippen LogP contribution in [0, 0.1) is 0 Å². The van der Waals surface area contributed by atoms with E-state index in [0.717, 1.165) is 0 Å². The van der Waals surface area contributed by atoms with Crippen molar-refractivity contribution in [2.24, 2.45) is 0 Å². The zero-order valence-corrected chi connectivity index (χ0v) is 6.17. The van der Waals surface area contributed by atoms with E-state index in [4.69, 9.17) is 5.73 Å². The molecule has 0 bridgehead atoms. The fourth-order valence-corrected chi connectivity index (χ4v) is 0.619. The summed E-state index contributed by atoms with van der Waals surface area (Å²) in [6.45, 7) is -0.432. The van der Waals surface area contributed by atoms with Crippen LogP contribution >= 0.6 is 0 Å². The molecule has 12 heavy (non-hydrogen) atoms. The number of alkyl halides is 2. The summed E-state index contributed by atoms with van der Waals surface area (Å²) in [6, 6.07) is 2.98. The molecule has 0 atom stereocenters. The van der Waals surface area contributed by atoms with Crippen molar-refractivity contribution < 1.29 is 8.78 Å². The molecule has 0 aliphatic heterocycles. The maximum atomic E-state index is 11.7. The Bertz CT molecular complexity index is 236. The van der Waals surface area contributed by atoms with Gasteiger partial charge in [-0.15, -0.1) is 10.2 Å². The van der Waals surface area contributed by atoms with Crippen LogP contribution in [0.25, 0.3) is 0 Å². The highest BCUT2D eigenvalue weighted by Gasteiger charge is 2.01. The van der Waals surface area contributed by atoms with E-state index < -0.39 is 13.0 Å². The first-order valence-corrected chi connectivity index (χ1v) is 3.29. The third-order valence-electron chi connectivity index (χ3n) is 1.12. The molecule has 0 saturated heterocycles. The topological polar surface area (TPSA) is 63.8 Å². The molecule has 66 valence electrons. The summed E-state index contributed by atoms with van der Waals surface area (Å²) in [5.41, 5.74) is 5.23. The Morgan fingerprint density at radius 3 is 2.67 bits per heavy atom. The summed E-state index contributed by atoms with van der Waals surface area (Å²) in [4.78, 5) is 0. The SMILES string of the molecule is Nc1ccc(NCC(F)F)nn1. The van der Waals surface area contributed by atoms with Crippen molar-refractivity contribution in [1.82, 2.24) is 10.2 Å². The van der Waals surface area contributed by atoms with E-state index in [0.29, 0.717) is 5.82 Å². The minimum Gasteiger partial charge on any atom is -0.382 e. The first-order chi connectivity index (χ1) is 5.68. The maximum Gasteiger partial charge on any atom is 0.255 e.